The highest BCUT2D eigenvalue weighted by molar-refractivity contribution is 6.24. The third-order valence-corrected chi connectivity index (χ3v) is 5.82. The van der Waals surface area contributed by atoms with Gasteiger partial charge in [-0.3, -0.25) is 14.8 Å². The smallest absolute Gasteiger partial charge is 0.274 e. The highest BCUT2D eigenvalue weighted by Gasteiger charge is 2.25. The lowest BCUT2D eigenvalue weighted by molar-refractivity contribution is -0.125. The Labute approximate surface area is 188 Å². The number of hydroxylamine groups is 1. The van der Waals surface area contributed by atoms with E-state index >= 15 is 0 Å². The quantitative estimate of drug-likeness (QED) is 0.278. The third kappa shape index (κ3) is 4.63. The molecule has 0 spiro atoms. The lowest BCUT2D eigenvalue weighted by atomic mass is 9.95. The van der Waals surface area contributed by atoms with Crippen LogP contribution in [-0.4, -0.2) is 28.5 Å². The number of carbonyl (C=O) groups excluding carboxylic acids is 2. The predicted molar refractivity (Wildman–Crippen MR) is 125 cm³/mol. The molecule has 2 amide bonds. The molecule has 0 radical (unpaired) electrons. The zero-order chi connectivity index (χ0) is 22.7. The van der Waals surface area contributed by atoms with Crippen LogP contribution in [0.15, 0.2) is 66.7 Å². The first-order valence-corrected chi connectivity index (χ1v) is 10.7. The van der Waals surface area contributed by atoms with Crippen LogP contribution in [0.1, 0.15) is 43.7 Å². The zero-order valence-corrected chi connectivity index (χ0v) is 18.3. The van der Waals surface area contributed by atoms with E-state index in [0.29, 0.717) is 30.6 Å². The van der Waals surface area contributed by atoms with E-state index in [9.17, 15) is 9.59 Å². The average Bonchev–Trinajstić information content (AvgIpc) is 2.81. The van der Waals surface area contributed by atoms with Crippen LogP contribution in [0.5, 0.6) is 0 Å². The lowest BCUT2D eigenvalue weighted by Gasteiger charge is -2.30. The van der Waals surface area contributed by atoms with Crippen LogP contribution >= 0.6 is 0 Å². The second kappa shape index (κ2) is 9.20. The molecule has 1 aliphatic rings. The second-order valence-corrected chi connectivity index (χ2v) is 8.24. The second-order valence-electron chi connectivity index (χ2n) is 8.24. The van der Waals surface area contributed by atoms with Crippen molar-refractivity contribution in [3.63, 3.8) is 0 Å². The highest BCUT2D eigenvalue weighted by atomic mass is 16.5. The molecule has 5 heteroatoms. The molecule has 4 rings (SSSR count). The Morgan fingerprint density at radius 1 is 0.906 bits per heavy atom. The fourth-order valence-electron chi connectivity index (χ4n) is 4.03. The van der Waals surface area contributed by atoms with Crippen molar-refractivity contribution in [3.8, 4) is 0 Å². The fraction of sp³-hybridized carbons (Fsp3) is 0.185. The number of hydrogen-bond donors (Lipinski definition) is 2. The van der Waals surface area contributed by atoms with E-state index in [0.717, 1.165) is 33.4 Å². The number of benzene rings is 3. The standard InChI is InChI=1S/C27H26N2O3/c1-18-6-8-22(9-7-18)25(15-20-5-3-4-19(2)14-20)27(31)29-13-12-21-10-11-23(26(30)28-32)16-24(21)17-29/h3-11,14-16,32H,12-13,17H2,1-2H3,(H,28,30)/b25-15+. The molecule has 0 bridgehead atoms. The Morgan fingerprint density at radius 3 is 2.38 bits per heavy atom. The zero-order valence-electron chi connectivity index (χ0n) is 18.3. The topological polar surface area (TPSA) is 69.6 Å². The van der Waals surface area contributed by atoms with E-state index in [1.165, 1.54) is 0 Å². The summed E-state index contributed by atoms with van der Waals surface area (Å²) >= 11 is 0. The number of fused-ring (bicyclic) bond motifs is 1. The van der Waals surface area contributed by atoms with E-state index in [4.69, 9.17) is 5.21 Å². The minimum atomic E-state index is -0.559. The van der Waals surface area contributed by atoms with Gasteiger partial charge in [0.1, 0.15) is 0 Å². The molecule has 162 valence electrons. The van der Waals surface area contributed by atoms with Gasteiger partial charge in [-0.05, 0) is 60.7 Å². The number of amides is 2. The summed E-state index contributed by atoms with van der Waals surface area (Å²) in [6.07, 6.45) is 2.67. The largest absolute Gasteiger partial charge is 0.334 e. The molecule has 0 saturated carbocycles. The molecule has 0 fully saturated rings. The van der Waals surface area contributed by atoms with Crippen molar-refractivity contribution in [3.05, 3.63) is 106 Å². The number of carbonyl (C=O) groups is 2. The Kier molecular flexibility index (Phi) is 6.19. The maximum Gasteiger partial charge on any atom is 0.274 e. The van der Waals surface area contributed by atoms with Crippen LogP contribution < -0.4 is 5.48 Å². The average molecular weight is 427 g/mol. The molecular formula is C27H26N2O3. The van der Waals surface area contributed by atoms with Gasteiger partial charge in [0.15, 0.2) is 0 Å². The van der Waals surface area contributed by atoms with Crippen LogP contribution in [0, 0.1) is 13.8 Å². The van der Waals surface area contributed by atoms with Gasteiger partial charge in [-0.2, -0.15) is 0 Å². The monoisotopic (exact) mass is 426 g/mol. The summed E-state index contributed by atoms with van der Waals surface area (Å²) in [4.78, 5) is 27.3. The van der Waals surface area contributed by atoms with Gasteiger partial charge in [-0.25, -0.2) is 5.48 Å². The fourth-order valence-corrected chi connectivity index (χ4v) is 4.03. The molecule has 5 nitrogen and oxygen atoms in total. The third-order valence-electron chi connectivity index (χ3n) is 5.82. The summed E-state index contributed by atoms with van der Waals surface area (Å²) in [5.41, 5.74) is 8.84. The predicted octanol–water partition coefficient (Wildman–Crippen LogP) is 4.55. The van der Waals surface area contributed by atoms with Crippen LogP contribution in [0.3, 0.4) is 0 Å². The molecule has 2 N–H and O–H groups in total. The van der Waals surface area contributed by atoms with E-state index in [1.54, 1.807) is 17.6 Å². The Hall–Kier alpha value is -3.70. The summed E-state index contributed by atoms with van der Waals surface area (Å²) in [6.45, 7) is 5.08. The van der Waals surface area contributed by atoms with Gasteiger partial charge in [-0.1, -0.05) is 65.7 Å². The van der Waals surface area contributed by atoms with Crippen molar-refractivity contribution in [1.82, 2.24) is 10.4 Å². The van der Waals surface area contributed by atoms with Crippen LogP contribution in [0.25, 0.3) is 11.6 Å². The summed E-state index contributed by atoms with van der Waals surface area (Å²) in [6, 6.07) is 21.4. The van der Waals surface area contributed by atoms with Gasteiger partial charge < -0.3 is 4.90 Å². The molecule has 0 aliphatic carbocycles. The Balaban J connectivity index is 1.69. The minimum absolute atomic E-state index is 0.0435. The van der Waals surface area contributed by atoms with Crippen LogP contribution in [-0.2, 0) is 17.8 Å². The van der Waals surface area contributed by atoms with E-state index in [2.05, 4.69) is 6.07 Å². The van der Waals surface area contributed by atoms with Gasteiger partial charge in [0.25, 0.3) is 11.8 Å². The SMILES string of the molecule is Cc1ccc(/C(=C\c2cccc(C)c2)C(=O)N2CCc3ccc(C(=O)NO)cc3C2)cc1. The first kappa shape index (κ1) is 21.5. The van der Waals surface area contributed by atoms with E-state index in [-0.39, 0.29) is 5.91 Å². The van der Waals surface area contributed by atoms with Gasteiger partial charge in [-0.15, -0.1) is 0 Å². The number of nitrogens with zero attached hydrogens (tertiary/aromatic N) is 1. The Morgan fingerprint density at radius 2 is 1.66 bits per heavy atom. The van der Waals surface area contributed by atoms with Crippen molar-refractivity contribution in [2.75, 3.05) is 6.54 Å². The first-order valence-electron chi connectivity index (χ1n) is 10.7. The molecule has 32 heavy (non-hydrogen) atoms. The van der Waals surface area contributed by atoms with Gasteiger partial charge in [0.05, 0.1) is 0 Å². The summed E-state index contributed by atoms with van der Waals surface area (Å²) < 4.78 is 0. The number of rotatable bonds is 4. The van der Waals surface area contributed by atoms with E-state index in [1.807, 2.05) is 73.4 Å². The molecule has 0 atom stereocenters. The molecule has 3 aromatic rings. The van der Waals surface area contributed by atoms with Crippen molar-refractivity contribution in [2.45, 2.75) is 26.8 Å². The van der Waals surface area contributed by atoms with Crippen molar-refractivity contribution in [2.24, 2.45) is 0 Å². The summed E-state index contributed by atoms with van der Waals surface area (Å²) in [7, 11) is 0. The minimum Gasteiger partial charge on any atom is -0.334 e. The molecule has 1 aliphatic heterocycles. The molecule has 0 saturated heterocycles. The normalized spacial score (nSPS) is 13.5. The molecular weight excluding hydrogens is 400 g/mol. The summed E-state index contributed by atoms with van der Waals surface area (Å²) in [5.74, 6) is -0.603. The number of hydrogen-bond acceptors (Lipinski definition) is 3. The maximum atomic E-state index is 13.7. The van der Waals surface area contributed by atoms with Gasteiger partial charge in [0, 0.05) is 24.2 Å². The Bertz CT molecular complexity index is 1200. The summed E-state index contributed by atoms with van der Waals surface area (Å²) in [5, 5.41) is 8.94. The molecule has 1 heterocycles. The highest BCUT2D eigenvalue weighted by Crippen LogP contribution is 2.27. The molecule has 0 unspecified atom stereocenters. The molecule has 3 aromatic carbocycles. The van der Waals surface area contributed by atoms with Crippen LogP contribution in [0.2, 0.25) is 0 Å². The van der Waals surface area contributed by atoms with Crippen molar-refractivity contribution in [1.29, 1.82) is 0 Å². The number of nitrogens with one attached hydrogen (secondary N) is 1. The first-order chi connectivity index (χ1) is 15.4. The van der Waals surface area contributed by atoms with Gasteiger partial charge in [0.2, 0.25) is 0 Å². The number of aryl methyl sites for hydroxylation is 2. The van der Waals surface area contributed by atoms with Gasteiger partial charge >= 0.3 is 0 Å². The molecule has 0 aromatic heterocycles. The van der Waals surface area contributed by atoms with Crippen molar-refractivity contribution >= 4 is 23.5 Å². The van der Waals surface area contributed by atoms with Crippen LogP contribution in [0.4, 0.5) is 0 Å². The maximum absolute atomic E-state index is 13.7. The van der Waals surface area contributed by atoms with Crippen molar-refractivity contribution < 1.29 is 14.8 Å². The lowest BCUT2D eigenvalue weighted by Crippen LogP contribution is -2.36. The van der Waals surface area contributed by atoms with E-state index < -0.39 is 5.91 Å².